The Morgan fingerprint density at radius 3 is 2.50 bits per heavy atom. The van der Waals surface area contributed by atoms with E-state index in [2.05, 4.69) is 16.7 Å². The maximum absolute atomic E-state index is 13.2. The lowest BCUT2D eigenvalue weighted by Gasteiger charge is -2.34. The molecule has 1 fully saturated rings. The molecule has 2 rings (SSSR count). The molecule has 4 heteroatoms. The number of benzene rings is 1. The van der Waals surface area contributed by atoms with Crippen LogP contribution in [-0.2, 0) is 6.54 Å². The first-order chi connectivity index (χ1) is 8.72. The van der Waals surface area contributed by atoms with Crippen molar-refractivity contribution in [1.29, 1.82) is 5.26 Å². The lowest BCUT2D eigenvalue weighted by Crippen LogP contribution is -2.45. The minimum Gasteiger partial charge on any atom is -0.301 e. The van der Waals surface area contributed by atoms with E-state index in [1.807, 2.05) is 6.07 Å². The zero-order valence-electron chi connectivity index (χ0n) is 10.7. The van der Waals surface area contributed by atoms with Gasteiger partial charge >= 0.3 is 0 Å². The Bertz CT molecular complexity index is 445. The van der Waals surface area contributed by atoms with E-state index in [0.29, 0.717) is 0 Å². The van der Waals surface area contributed by atoms with Gasteiger partial charge in [-0.2, -0.15) is 5.26 Å². The molecule has 0 N–H and O–H groups in total. The summed E-state index contributed by atoms with van der Waals surface area (Å²) in [5.74, 6) is -0.433. The highest BCUT2D eigenvalue weighted by molar-refractivity contribution is 5.34. The van der Waals surface area contributed by atoms with Crippen LogP contribution >= 0.6 is 0 Å². The zero-order chi connectivity index (χ0) is 13.0. The van der Waals surface area contributed by atoms with Crippen molar-refractivity contribution in [3.63, 3.8) is 0 Å². The van der Waals surface area contributed by atoms with Crippen molar-refractivity contribution in [2.45, 2.75) is 13.5 Å². The second-order valence-corrected chi connectivity index (χ2v) is 4.64. The molecule has 0 radical (unpaired) electrons. The molecule has 18 heavy (non-hydrogen) atoms. The summed E-state index contributed by atoms with van der Waals surface area (Å²) in [7, 11) is 0. The summed E-state index contributed by atoms with van der Waals surface area (Å²) in [5.41, 5.74) is 1.15. The Labute approximate surface area is 107 Å². The van der Waals surface area contributed by atoms with E-state index in [4.69, 9.17) is 5.26 Å². The van der Waals surface area contributed by atoms with Crippen molar-refractivity contribution in [2.24, 2.45) is 0 Å². The van der Waals surface area contributed by atoms with E-state index < -0.39 is 5.82 Å². The quantitative estimate of drug-likeness (QED) is 0.816. The molecule has 1 aliphatic heterocycles. The van der Waals surface area contributed by atoms with Crippen molar-refractivity contribution in [3.05, 3.63) is 35.1 Å². The highest BCUT2D eigenvalue weighted by Gasteiger charge is 2.15. The van der Waals surface area contributed by atoms with Crippen LogP contribution < -0.4 is 0 Å². The number of rotatable bonds is 3. The third-order valence-corrected chi connectivity index (χ3v) is 3.47. The number of piperazine rings is 1. The standard InChI is InChI=1S/C14H18FN3/c1-2-17-5-7-18(8-6-17)11-12-3-4-14(15)13(9-12)10-16/h3-4,9H,2,5-8,11H2,1H3. The van der Waals surface area contributed by atoms with Crippen LogP contribution in [0.2, 0.25) is 0 Å². The fraction of sp³-hybridized carbons (Fsp3) is 0.500. The van der Waals surface area contributed by atoms with Crippen molar-refractivity contribution in [1.82, 2.24) is 9.80 Å². The number of halogens is 1. The Morgan fingerprint density at radius 2 is 1.89 bits per heavy atom. The van der Waals surface area contributed by atoms with Gasteiger partial charge in [-0.25, -0.2) is 4.39 Å². The van der Waals surface area contributed by atoms with E-state index in [0.717, 1.165) is 44.8 Å². The maximum Gasteiger partial charge on any atom is 0.140 e. The molecule has 1 aromatic rings. The second-order valence-electron chi connectivity index (χ2n) is 4.64. The van der Waals surface area contributed by atoms with E-state index in [1.54, 1.807) is 12.1 Å². The molecule has 0 aliphatic carbocycles. The molecule has 0 aromatic heterocycles. The molecule has 1 saturated heterocycles. The minimum absolute atomic E-state index is 0.139. The van der Waals surface area contributed by atoms with Gasteiger partial charge in [0.2, 0.25) is 0 Å². The third-order valence-electron chi connectivity index (χ3n) is 3.47. The number of hydrogen-bond donors (Lipinski definition) is 0. The lowest BCUT2D eigenvalue weighted by molar-refractivity contribution is 0.132. The Kier molecular flexibility index (Phi) is 4.29. The van der Waals surface area contributed by atoms with E-state index in [1.165, 1.54) is 6.07 Å². The SMILES string of the molecule is CCN1CCN(Cc2ccc(F)c(C#N)c2)CC1. The third kappa shape index (κ3) is 3.06. The molecule has 1 heterocycles. The zero-order valence-corrected chi connectivity index (χ0v) is 10.7. The van der Waals surface area contributed by atoms with Crippen LogP contribution in [0, 0.1) is 17.1 Å². The normalized spacial score (nSPS) is 17.6. The largest absolute Gasteiger partial charge is 0.301 e. The summed E-state index contributed by atoms with van der Waals surface area (Å²) >= 11 is 0. The highest BCUT2D eigenvalue weighted by Crippen LogP contribution is 2.13. The van der Waals surface area contributed by atoms with Gasteiger partial charge in [0, 0.05) is 32.7 Å². The van der Waals surface area contributed by atoms with Crippen LogP contribution in [0.3, 0.4) is 0 Å². The molecule has 0 atom stereocenters. The van der Waals surface area contributed by atoms with Crippen LogP contribution in [0.15, 0.2) is 18.2 Å². The van der Waals surface area contributed by atoms with E-state index in [-0.39, 0.29) is 5.56 Å². The number of likely N-dealkylation sites (N-methyl/N-ethyl adjacent to an activating group) is 1. The van der Waals surface area contributed by atoms with Crippen LogP contribution in [0.5, 0.6) is 0 Å². The van der Waals surface area contributed by atoms with Gasteiger partial charge < -0.3 is 4.90 Å². The summed E-state index contributed by atoms with van der Waals surface area (Å²) in [4.78, 5) is 4.77. The van der Waals surface area contributed by atoms with Gasteiger partial charge in [0.25, 0.3) is 0 Å². The predicted molar refractivity (Wildman–Crippen MR) is 68.5 cm³/mol. The Hall–Kier alpha value is -1.44. The Balaban J connectivity index is 1.96. The van der Waals surface area contributed by atoms with E-state index >= 15 is 0 Å². The minimum atomic E-state index is -0.433. The monoisotopic (exact) mass is 247 g/mol. The predicted octanol–water partition coefficient (Wildman–Crippen LogP) is 1.83. The van der Waals surface area contributed by atoms with Crippen molar-refractivity contribution < 1.29 is 4.39 Å². The fourth-order valence-electron chi connectivity index (χ4n) is 2.28. The van der Waals surface area contributed by atoms with Gasteiger partial charge in [0.1, 0.15) is 11.9 Å². The van der Waals surface area contributed by atoms with Gasteiger partial charge in [0.15, 0.2) is 0 Å². The van der Waals surface area contributed by atoms with Crippen LogP contribution in [0.4, 0.5) is 4.39 Å². The molecule has 0 unspecified atom stereocenters. The summed E-state index contributed by atoms with van der Waals surface area (Å²) < 4.78 is 13.2. The highest BCUT2D eigenvalue weighted by atomic mass is 19.1. The summed E-state index contributed by atoms with van der Waals surface area (Å²) in [6, 6.07) is 6.69. The number of nitrogens with zero attached hydrogens (tertiary/aromatic N) is 3. The van der Waals surface area contributed by atoms with Crippen LogP contribution in [-0.4, -0.2) is 42.5 Å². The van der Waals surface area contributed by atoms with Crippen molar-refractivity contribution in [2.75, 3.05) is 32.7 Å². The van der Waals surface area contributed by atoms with Gasteiger partial charge in [-0.1, -0.05) is 13.0 Å². The van der Waals surface area contributed by atoms with Gasteiger partial charge in [-0.05, 0) is 24.2 Å². The first-order valence-electron chi connectivity index (χ1n) is 6.36. The van der Waals surface area contributed by atoms with Gasteiger partial charge in [-0.3, -0.25) is 4.90 Å². The average molecular weight is 247 g/mol. The fourth-order valence-corrected chi connectivity index (χ4v) is 2.28. The first-order valence-corrected chi connectivity index (χ1v) is 6.36. The molecular weight excluding hydrogens is 229 g/mol. The molecule has 0 spiro atoms. The summed E-state index contributed by atoms with van der Waals surface area (Å²) in [5, 5.41) is 8.81. The van der Waals surface area contributed by atoms with Crippen LogP contribution in [0.25, 0.3) is 0 Å². The molecule has 1 aromatic carbocycles. The maximum atomic E-state index is 13.2. The van der Waals surface area contributed by atoms with Crippen molar-refractivity contribution in [3.8, 4) is 6.07 Å². The molecule has 96 valence electrons. The lowest BCUT2D eigenvalue weighted by atomic mass is 10.1. The molecule has 3 nitrogen and oxygen atoms in total. The topological polar surface area (TPSA) is 30.3 Å². The smallest absolute Gasteiger partial charge is 0.140 e. The second kappa shape index (κ2) is 5.94. The molecule has 0 bridgehead atoms. The summed E-state index contributed by atoms with van der Waals surface area (Å²) in [6.45, 7) is 8.32. The van der Waals surface area contributed by atoms with Crippen molar-refractivity contribution >= 4 is 0 Å². The molecular formula is C14H18FN3. The summed E-state index contributed by atoms with van der Waals surface area (Å²) in [6.07, 6.45) is 0. The van der Waals surface area contributed by atoms with Gasteiger partial charge in [0.05, 0.1) is 5.56 Å². The molecule has 1 aliphatic rings. The first kappa shape index (κ1) is 13.0. The molecule has 0 saturated carbocycles. The van der Waals surface area contributed by atoms with E-state index in [9.17, 15) is 4.39 Å². The van der Waals surface area contributed by atoms with Crippen LogP contribution in [0.1, 0.15) is 18.1 Å². The Morgan fingerprint density at radius 1 is 1.22 bits per heavy atom. The van der Waals surface area contributed by atoms with Gasteiger partial charge in [-0.15, -0.1) is 0 Å². The molecule has 0 amide bonds. The average Bonchev–Trinajstić information content (AvgIpc) is 2.42. The number of hydrogen-bond acceptors (Lipinski definition) is 3. The number of nitriles is 1.